The van der Waals surface area contributed by atoms with Crippen LogP contribution in [0.1, 0.15) is 17.0 Å². The number of furan rings is 1. The standard InChI is InChI=1S/C13H13NO2/c15-13(10-5-6-14-8-10)12-7-9-3-1-2-4-11(9)16-12/h1-4,7,10,14H,5-6,8H2. The molecule has 0 saturated carbocycles. The van der Waals surface area contributed by atoms with Gasteiger partial charge in [0.15, 0.2) is 5.76 Å². The zero-order valence-electron chi connectivity index (χ0n) is 8.90. The monoisotopic (exact) mass is 215 g/mol. The fourth-order valence-corrected chi connectivity index (χ4v) is 2.18. The highest BCUT2D eigenvalue weighted by Crippen LogP contribution is 2.22. The van der Waals surface area contributed by atoms with Gasteiger partial charge in [-0.15, -0.1) is 0 Å². The molecule has 1 aliphatic heterocycles. The van der Waals surface area contributed by atoms with E-state index in [-0.39, 0.29) is 11.7 Å². The van der Waals surface area contributed by atoms with Crippen molar-refractivity contribution < 1.29 is 9.21 Å². The number of carbonyl (C=O) groups is 1. The Labute approximate surface area is 93.4 Å². The third kappa shape index (κ3) is 1.53. The van der Waals surface area contributed by atoms with Gasteiger partial charge in [0.25, 0.3) is 0 Å². The van der Waals surface area contributed by atoms with Crippen molar-refractivity contribution in [2.45, 2.75) is 6.42 Å². The van der Waals surface area contributed by atoms with Gasteiger partial charge in [0.05, 0.1) is 0 Å². The number of nitrogens with one attached hydrogen (secondary N) is 1. The number of carbonyl (C=O) groups excluding carboxylic acids is 1. The molecule has 0 spiro atoms. The summed E-state index contributed by atoms with van der Waals surface area (Å²) in [6, 6.07) is 9.55. The highest BCUT2D eigenvalue weighted by molar-refractivity contribution is 5.99. The SMILES string of the molecule is O=C(c1cc2ccccc2o1)C1CCNC1. The van der Waals surface area contributed by atoms with E-state index < -0.39 is 0 Å². The van der Waals surface area contributed by atoms with E-state index in [9.17, 15) is 4.79 Å². The lowest BCUT2D eigenvalue weighted by molar-refractivity contribution is 0.0904. The molecule has 0 aliphatic carbocycles. The number of fused-ring (bicyclic) bond motifs is 1. The van der Waals surface area contributed by atoms with E-state index in [0.29, 0.717) is 5.76 Å². The van der Waals surface area contributed by atoms with Gasteiger partial charge < -0.3 is 9.73 Å². The number of benzene rings is 1. The van der Waals surface area contributed by atoms with Gasteiger partial charge in [-0.3, -0.25) is 4.79 Å². The van der Waals surface area contributed by atoms with Crippen LogP contribution in [0.5, 0.6) is 0 Å². The van der Waals surface area contributed by atoms with E-state index in [1.54, 1.807) is 0 Å². The van der Waals surface area contributed by atoms with E-state index in [2.05, 4.69) is 5.32 Å². The summed E-state index contributed by atoms with van der Waals surface area (Å²) in [4.78, 5) is 12.1. The summed E-state index contributed by atoms with van der Waals surface area (Å²) in [6.07, 6.45) is 0.913. The molecular weight excluding hydrogens is 202 g/mol. The molecule has 2 heterocycles. The molecule has 1 aromatic heterocycles. The zero-order chi connectivity index (χ0) is 11.0. The van der Waals surface area contributed by atoms with Crippen molar-refractivity contribution in [1.29, 1.82) is 0 Å². The molecule has 1 fully saturated rings. The Balaban J connectivity index is 1.96. The molecule has 1 N–H and O–H groups in total. The predicted molar refractivity (Wildman–Crippen MR) is 61.5 cm³/mol. The first-order valence-electron chi connectivity index (χ1n) is 5.58. The van der Waals surface area contributed by atoms with Crippen LogP contribution in [0.3, 0.4) is 0 Å². The fraction of sp³-hybridized carbons (Fsp3) is 0.308. The van der Waals surface area contributed by atoms with Crippen LogP contribution in [0.25, 0.3) is 11.0 Å². The maximum Gasteiger partial charge on any atom is 0.202 e. The molecule has 3 heteroatoms. The molecule has 1 saturated heterocycles. The first-order chi connectivity index (χ1) is 7.84. The summed E-state index contributed by atoms with van der Waals surface area (Å²) in [5.74, 6) is 0.705. The number of hydrogen-bond acceptors (Lipinski definition) is 3. The van der Waals surface area contributed by atoms with Crippen molar-refractivity contribution in [3.05, 3.63) is 36.1 Å². The summed E-state index contributed by atoms with van der Waals surface area (Å²) in [7, 11) is 0. The molecular formula is C13H13NO2. The number of hydrogen-bond donors (Lipinski definition) is 1. The smallest absolute Gasteiger partial charge is 0.202 e. The average Bonchev–Trinajstić information content (AvgIpc) is 2.97. The number of Topliss-reactive ketones (excluding diaryl/α,β-unsaturated/α-hetero) is 1. The molecule has 3 rings (SSSR count). The van der Waals surface area contributed by atoms with Gasteiger partial charge in [-0.2, -0.15) is 0 Å². The van der Waals surface area contributed by atoms with E-state index in [0.717, 1.165) is 30.5 Å². The predicted octanol–water partition coefficient (Wildman–Crippen LogP) is 2.23. The number of para-hydroxylation sites is 1. The van der Waals surface area contributed by atoms with Gasteiger partial charge in [-0.05, 0) is 25.1 Å². The Morgan fingerprint density at radius 2 is 2.25 bits per heavy atom. The second-order valence-electron chi connectivity index (χ2n) is 4.20. The molecule has 1 atom stereocenters. The van der Waals surface area contributed by atoms with Crippen molar-refractivity contribution in [3.8, 4) is 0 Å². The summed E-state index contributed by atoms with van der Waals surface area (Å²) in [6.45, 7) is 1.70. The van der Waals surface area contributed by atoms with E-state index in [1.165, 1.54) is 0 Å². The van der Waals surface area contributed by atoms with Crippen LogP contribution in [-0.2, 0) is 0 Å². The van der Waals surface area contributed by atoms with Crippen LogP contribution in [0.4, 0.5) is 0 Å². The molecule has 3 nitrogen and oxygen atoms in total. The third-order valence-corrected chi connectivity index (χ3v) is 3.10. The van der Waals surface area contributed by atoms with Crippen LogP contribution in [0.15, 0.2) is 34.7 Å². The van der Waals surface area contributed by atoms with Crippen molar-refractivity contribution in [1.82, 2.24) is 5.32 Å². The fourth-order valence-electron chi connectivity index (χ4n) is 2.18. The minimum atomic E-state index is 0.0839. The molecule has 1 unspecified atom stereocenters. The number of rotatable bonds is 2. The largest absolute Gasteiger partial charge is 0.453 e. The van der Waals surface area contributed by atoms with Crippen molar-refractivity contribution in [2.75, 3.05) is 13.1 Å². The Morgan fingerprint density at radius 1 is 1.38 bits per heavy atom. The van der Waals surface area contributed by atoms with Crippen LogP contribution >= 0.6 is 0 Å². The molecule has 1 aromatic carbocycles. The average molecular weight is 215 g/mol. The zero-order valence-corrected chi connectivity index (χ0v) is 8.90. The van der Waals surface area contributed by atoms with Crippen molar-refractivity contribution in [3.63, 3.8) is 0 Å². The van der Waals surface area contributed by atoms with E-state index in [4.69, 9.17) is 4.42 Å². The summed E-state index contributed by atoms with van der Waals surface area (Å²) < 4.78 is 5.56. The topological polar surface area (TPSA) is 42.2 Å². The molecule has 2 aromatic rings. The molecule has 0 amide bonds. The van der Waals surface area contributed by atoms with Crippen molar-refractivity contribution in [2.24, 2.45) is 5.92 Å². The first-order valence-corrected chi connectivity index (χ1v) is 5.58. The van der Waals surface area contributed by atoms with Gasteiger partial charge >= 0.3 is 0 Å². The lowest BCUT2D eigenvalue weighted by atomic mass is 10.0. The Bertz CT molecular complexity index is 490. The summed E-state index contributed by atoms with van der Waals surface area (Å²) in [5.41, 5.74) is 0.789. The lowest BCUT2D eigenvalue weighted by Crippen LogP contribution is -2.17. The molecule has 0 radical (unpaired) electrons. The molecule has 1 aliphatic rings. The molecule has 82 valence electrons. The highest BCUT2D eigenvalue weighted by Gasteiger charge is 2.25. The van der Waals surface area contributed by atoms with E-state index in [1.807, 2.05) is 30.3 Å². The Kier molecular flexibility index (Phi) is 2.26. The normalized spacial score (nSPS) is 20.4. The minimum Gasteiger partial charge on any atom is -0.453 e. The van der Waals surface area contributed by atoms with Gasteiger partial charge in [0.2, 0.25) is 5.78 Å². The van der Waals surface area contributed by atoms with Crippen LogP contribution in [0.2, 0.25) is 0 Å². The quantitative estimate of drug-likeness (QED) is 0.781. The van der Waals surface area contributed by atoms with Crippen molar-refractivity contribution >= 4 is 16.8 Å². The minimum absolute atomic E-state index is 0.0839. The first kappa shape index (κ1) is 9.60. The second kappa shape index (κ2) is 3.76. The van der Waals surface area contributed by atoms with Crippen LogP contribution < -0.4 is 5.32 Å². The second-order valence-corrected chi connectivity index (χ2v) is 4.20. The third-order valence-electron chi connectivity index (χ3n) is 3.10. The highest BCUT2D eigenvalue weighted by atomic mass is 16.3. The van der Waals surface area contributed by atoms with Gasteiger partial charge in [0.1, 0.15) is 5.58 Å². The number of ketones is 1. The summed E-state index contributed by atoms with van der Waals surface area (Å²) >= 11 is 0. The van der Waals surface area contributed by atoms with Gasteiger partial charge in [0, 0.05) is 17.8 Å². The molecule has 16 heavy (non-hydrogen) atoms. The van der Waals surface area contributed by atoms with Crippen LogP contribution in [-0.4, -0.2) is 18.9 Å². The Morgan fingerprint density at radius 3 is 3.00 bits per heavy atom. The maximum atomic E-state index is 12.1. The summed E-state index contributed by atoms with van der Waals surface area (Å²) in [5, 5.41) is 4.19. The van der Waals surface area contributed by atoms with E-state index >= 15 is 0 Å². The van der Waals surface area contributed by atoms with Crippen LogP contribution in [0, 0.1) is 5.92 Å². The maximum absolute atomic E-state index is 12.1. The molecule has 0 bridgehead atoms. The van der Waals surface area contributed by atoms with Gasteiger partial charge in [-0.25, -0.2) is 0 Å². The lowest BCUT2D eigenvalue weighted by Gasteiger charge is -2.02. The van der Waals surface area contributed by atoms with Gasteiger partial charge in [-0.1, -0.05) is 18.2 Å². The Hall–Kier alpha value is -1.61.